The molecule has 0 atom stereocenters. The van der Waals surface area contributed by atoms with Crippen molar-refractivity contribution in [1.29, 1.82) is 0 Å². The van der Waals surface area contributed by atoms with E-state index in [0.717, 1.165) is 5.69 Å². The average molecular weight is 766 g/mol. The summed E-state index contributed by atoms with van der Waals surface area (Å²) in [6.07, 6.45) is 0. The zero-order valence-electron chi connectivity index (χ0n) is 34.5. The van der Waals surface area contributed by atoms with E-state index in [-0.39, 0.29) is 10.8 Å². The summed E-state index contributed by atoms with van der Waals surface area (Å²) < 4.78 is 2.44. The van der Waals surface area contributed by atoms with Crippen molar-refractivity contribution in [2.45, 2.75) is 52.4 Å². The number of para-hydroxylation sites is 1. The van der Waals surface area contributed by atoms with Crippen molar-refractivity contribution in [2.75, 3.05) is 0 Å². The molecule has 9 rings (SSSR count). The molecule has 9 aromatic rings. The second kappa shape index (κ2) is 14.6. The number of rotatable bonds is 7. The van der Waals surface area contributed by atoms with Crippen LogP contribution >= 0.6 is 0 Å². The molecule has 2 heteroatoms. The van der Waals surface area contributed by atoms with E-state index in [1.165, 1.54) is 75.9 Å². The molecule has 1 aromatic heterocycles. The third-order valence-corrected chi connectivity index (χ3v) is 16.8. The van der Waals surface area contributed by atoms with Gasteiger partial charge in [-0.05, 0) is 89.2 Å². The minimum atomic E-state index is -2.68. The maximum atomic E-state index is 2.49. The standard InChI is InChI=1S/C56H51NSi/c1-55(2,3)42-19-17-24-47(39-42)58(44-20-9-7-10-21-44,45-22-11-8-12-23-45)46-37-33-41(34-38-46)40-31-35-43(36-32-40)57-52-29-16-14-26-50(52)54-49(27-18-30-53(54)57)48-25-13-15-28-51(48)56(4,5)6/h7-39H,1-6H3. The Morgan fingerprint density at radius 3 is 1.52 bits per heavy atom. The van der Waals surface area contributed by atoms with E-state index < -0.39 is 8.07 Å². The Kier molecular flexibility index (Phi) is 9.41. The van der Waals surface area contributed by atoms with Crippen LogP contribution in [-0.4, -0.2) is 12.6 Å². The molecule has 0 amide bonds. The second-order valence-corrected chi connectivity index (χ2v) is 21.6. The smallest absolute Gasteiger partial charge is 0.179 e. The molecule has 0 radical (unpaired) electrons. The Balaban J connectivity index is 1.15. The first-order chi connectivity index (χ1) is 28.0. The lowest BCUT2D eigenvalue weighted by atomic mass is 9.81. The highest BCUT2D eigenvalue weighted by Gasteiger charge is 2.41. The van der Waals surface area contributed by atoms with Crippen LogP contribution in [0.15, 0.2) is 200 Å². The van der Waals surface area contributed by atoms with Crippen LogP contribution in [0.4, 0.5) is 0 Å². The molecule has 0 fully saturated rings. The van der Waals surface area contributed by atoms with Gasteiger partial charge in [0, 0.05) is 16.5 Å². The third kappa shape index (κ3) is 6.42. The van der Waals surface area contributed by atoms with Gasteiger partial charge >= 0.3 is 0 Å². The molecule has 0 saturated heterocycles. The van der Waals surface area contributed by atoms with Gasteiger partial charge in [0.2, 0.25) is 0 Å². The molecule has 0 spiro atoms. The highest BCUT2D eigenvalue weighted by Crippen LogP contribution is 2.42. The summed E-state index contributed by atoms with van der Waals surface area (Å²) in [5, 5.41) is 8.14. The van der Waals surface area contributed by atoms with Crippen molar-refractivity contribution in [1.82, 2.24) is 4.57 Å². The number of aromatic nitrogens is 1. The maximum Gasteiger partial charge on any atom is 0.179 e. The molecule has 0 aliphatic rings. The van der Waals surface area contributed by atoms with Gasteiger partial charge in [0.1, 0.15) is 0 Å². The normalized spacial score (nSPS) is 12.3. The van der Waals surface area contributed by atoms with E-state index in [1.54, 1.807) is 0 Å². The summed E-state index contributed by atoms with van der Waals surface area (Å²) >= 11 is 0. The van der Waals surface area contributed by atoms with Crippen molar-refractivity contribution in [3.8, 4) is 27.9 Å². The first-order valence-corrected chi connectivity index (χ1v) is 22.6. The molecular formula is C56H51NSi. The molecular weight excluding hydrogens is 715 g/mol. The number of nitrogens with zero attached hydrogens (tertiary/aromatic N) is 1. The summed E-state index contributed by atoms with van der Waals surface area (Å²) in [6.45, 7) is 13.9. The topological polar surface area (TPSA) is 4.93 Å². The fraction of sp³-hybridized carbons (Fsp3) is 0.143. The predicted octanol–water partition coefficient (Wildman–Crippen LogP) is 12.1. The summed E-state index contributed by atoms with van der Waals surface area (Å²) in [7, 11) is -2.68. The van der Waals surface area contributed by atoms with Gasteiger partial charge in [0.15, 0.2) is 8.07 Å². The zero-order valence-corrected chi connectivity index (χ0v) is 35.5. The second-order valence-electron chi connectivity index (χ2n) is 17.8. The fourth-order valence-electron chi connectivity index (χ4n) is 9.20. The largest absolute Gasteiger partial charge is 0.309 e. The maximum absolute atomic E-state index is 2.68. The first-order valence-electron chi connectivity index (χ1n) is 20.6. The summed E-state index contributed by atoms with van der Waals surface area (Å²) in [6, 6.07) is 75.1. The highest BCUT2D eigenvalue weighted by molar-refractivity contribution is 7.19. The first kappa shape index (κ1) is 37.4. The molecule has 0 N–H and O–H groups in total. The van der Waals surface area contributed by atoms with Crippen LogP contribution in [0.5, 0.6) is 0 Å². The van der Waals surface area contributed by atoms with Crippen molar-refractivity contribution < 1.29 is 0 Å². The van der Waals surface area contributed by atoms with Gasteiger partial charge in [-0.2, -0.15) is 0 Å². The van der Waals surface area contributed by atoms with Crippen LogP contribution in [-0.2, 0) is 10.8 Å². The minimum Gasteiger partial charge on any atom is -0.309 e. The van der Waals surface area contributed by atoms with Crippen molar-refractivity contribution in [3.63, 3.8) is 0 Å². The molecule has 58 heavy (non-hydrogen) atoms. The predicted molar refractivity (Wildman–Crippen MR) is 253 cm³/mol. The van der Waals surface area contributed by atoms with Crippen molar-refractivity contribution in [2.24, 2.45) is 0 Å². The van der Waals surface area contributed by atoms with Crippen molar-refractivity contribution >= 4 is 50.6 Å². The molecule has 0 saturated carbocycles. The van der Waals surface area contributed by atoms with Gasteiger partial charge in [0.05, 0.1) is 11.0 Å². The van der Waals surface area contributed by atoms with Crippen molar-refractivity contribution in [3.05, 3.63) is 211 Å². The van der Waals surface area contributed by atoms with Crippen LogP contribution in [0.1, 0.15) is 52.7 Å². The monoisotopic (exact) mass is 765 g/mol. The average Bonchev–Trinajstić information content (AvgIpc) is 3.59. The Hall–Kier alpha value is -6.22. The van der Waals surface area contributed by atoms with Crippen LogP contribution in [0.25, 0.3) is 49.7 Å². The number of fused-ring (bicyclic) bond motifs is 3. The third-order valence-electron chi connectivity index (χ3n) is 12.1. The Labute approximate surface area is 345 Å². The molecule has 8 aromatic carbocycles. The zero-order chi connectivity index (χ0) is 40.1. The number of hydrogen-bond acceptors (Lipinski definition) is 0. The quantitative estimate of drug-likeness (QED) is 0.112. The molecule has 0 aliphatic carbocycles. The van der Waals surface area contributed by atoms with E-state index in [0.29, 0.717) is 0 Å². The number of hydrogen-bond donors (Lipinski definition) is 0. The van der Waals surface area contributed by atoms with Gasteiger partial charge in [-0.15, -0.1) is 0 Å². The number of benzene rings is 8. The Morgan fingerprint density at radius 2 is 0.879 bits per heavy atom. The van der Waals surface area contributed by atoms with Crippen LogP contribution in [0.2, 0.25) is 0 Å². The molecule has 0 bridgehead atoms. The fourth-order valence-corrected chi connectivity index (χ4v) is 14.0. The molecule has 0 aliphatic heterocycles. The van der Waals surface area contributed by atoms with Gasteiger partial charge in [0.25, 0.3) is 0 Å². The Morgan fingerprint density at radius 1 is 0.379 bits per heavy atom. The van der Waals surface area contributed by atoms with Crippen LogP contribution < -0.4 is 20.7 Å². The van der Waals surface area contributed by atoms with Gasteiger partial charge < -0.3 is 4.57 Å². The lowest BCUT2D eigenvalue weighted by Crippen LogP contribution is -2.74. The minimum absolute atomic E-state index is 0.0231. The highest BCUT2D eigenvalue weighted by atomic mass is 28.3. The molecule has 284 valence electrons. The summed E-state index contributed by atoms with van der Waals surface area (Å²) in [5.74, 6) is 0. The van der Waals surface area contributed by atoms with E-state index in [9.17, 15) is 0 Å². The lowest BCUT2D eigenvalue weighted by molar-refractivity contribution is 0.590. The van der Waals surface area contributed by atoms with Gasteiger partial charge in [-0.1, -0.05) is 217 Å². The molecule has 1 heterocycles. The van der Waals surface area contributed by atoms with E-state index in [4.69, 9.17) is 0 Å². The lowest BCUT2D eigenvalue weighted by Gasteiger charge is -2.35. The summed E-state index contributed by atoms with van der Waals surface area (Å²) in [5.41, 5.74) is 11.4. The van der Waals surface area contributed by atoms with Gasteiger partial charge in [-0.3, -0.25) is 0 Å². The van der Waals surface area contributed by atoms with E-state index in [1.807, 2.05) is 0 Å². The Bertz CT molecular complexity index is 2830. The van der Waals surface area contributed by atoms with Crippen LogP contribution in [0.3, 0.4) is 0 Å². The van der Waals surface area contributed by atoms with Gasteiger partial charge in [-0.25, -0.2) is 0 Å². The van der Waals surface area contributed by atoms with E-state index >= 15 is 0 Å². The molecule has 0 unspecified atom stereocenters. The summed E-state index contributed by atoms with van der Waals surface area (Å²) in [4.78, 5) is 0. The van der Waals surface area contributed by atoms with Crippen LogP contribution in [0, 0.1) is 0 Å². The molecule has 1 nitrogen and oxygen atoms in total. The SMILES string of the molecule is CC(C)(C)c1cccc([Si](c2ccccc2)(c2ccccc2)c2ccc(-c3ccc(-n4c5ccccc5c5c(-c6ccccc6C(C)(C)C)cccc54)cc3)cc2)c1. The van der Waals surface area contributed by atoms with E-state index in [2.05, 4.69) is 246 Å².